The molecule has 1 saturated heterocycles. The Bertz CT molecular complexity index is 360. The lowest BCUT2D eigenvalue weighted by Crippen LogP contribution is -2.45. The maximum atomic E-state index is 11.8. The van der Waals surface area contributed by atoms with E-state index < -0.39 is 0 Å². The van der Waals surface area contributed by atoms with Crippen LogP contribution < -0.4 is 5.43 Å². The molecule has 1 aromatic rings. The Kier molecular flexibility index (Phi) is 3.74. The number of carbonyl (C=O) groups excluding carboxylic acids is 1. The van der Waals surface area contributed by atoms with Crippen LogP contribution in [0.3, 0.4) is 0 Å². The number of halogens is 1. The molecule has 1 aliphatic rings. The minimum atomic E-state index is -0.119. The topological polar surface area (TPSA) is 45.2 Å². The molecule has 0 spiro atoms. The van der Waals surface area contributed by atoms with Gasteiger partial charge in [-0.15, -0.1) is 0 Å². The van der Waals surface area contributed by atoms with Crippen LogP contribution in [0.25, 0.3) is 0 Å². The van der Waals surface area contributed by atoms with Crippen LogP contribution in [0.2, 0.25) is 5.15 Å². The molecule has 0 aromatic carbocycles. The molecule has 1 N–H and O–H groups in total. The summed E-state index contributed by atoms with van der Waals surface area (Å²) in [5, 5.41) is 2.36. The third-order valence-electron chi connectivity index (χ3n) is 2.61. The molecule has 0 atom stereocenters. The molecular formula is C11H14ClN3O. The van der Waals surface area contributed by atoms with E-state index in [0.29, 0.717) is 10.7 Å². The molecule has 1 aromatic heterocycles. The van der Waals surface area contributed by atoms with Crippen molar-refractivity contribution in [2.45, 2.75) is 19.3 Å². The van der Waals surface area contributed by atoms with E-state index in [2.05, 4.69) is 10.4 Å². The zero-order valence-corrected chi connectivity index (χ0v) is 9.70. The molecule has 1 aliphatic heterocycles. The second kappa shape index (κ2) is 5.27. The largest absolute Gasteiger partial charge is 0.285 e. The molecule has 1 amide bonds. The van der Waals surface area contributed by atoms with E-state index in [4.69, 9.17) is 11.6 Å². The fourth-order valence-corrected chi connectivity index (χ4v) is 1.84. The molecular weight excluding hydrogens is 226 g/mol. The maximum Gasteiger partial charge on any atom is 0.267 e. The Hall–Kier alpha value is -1.13. The number of piperidine rings is 1. The zero-order valence-electron chi connectivity index (χ0n) is 8.95. The SMILES string of the molecule is O=C(NN1CCCCC1)c1ccc(Cl)nc1. The molecule has 0 aliphatic carbocycles. The van der Waals surface area contributed by atoms with Crippen molar-refractivity contribution >= 4 is 17.5 Å². The van der Waals surface area contributed by atoms with Gasteiger partial charge in [0, 0.05) is 19.3 Å². The molecule has 0 radical (unpaired) electrons. The van der Waals surface area contributed by atoms with E-state index in [-0.39, 0.29) is 5.91 Å². The molecule has 4 nitrogen and oxygen atoms in total. The van der Waals surface area contributed by atoms with Gasteiger partial charge in [0.1, 0.15) is 5.15 Å². The monoisotopic (exact) mass is 239 g/mol. The van der Waals surface area contributed by atoms with Gasteiger partial charge in [-0.3, -0.25) is 10.2 Å². The first kappa shape index (κ1) is 11.4. The summed E-state index contributed by atoms with van der Waals surface area (Å²) in [6.07, 6.45) is 5.01. The van der Waals surface area contributed by atoms with Crippen LogP contribution in [0, 0.1) is 0 Å². The third-order valence-corrected chi connectivity index (χ3v) is 2.83. The number of nitrogens with zero attached hydrogens (tertiary/aromatic N) is 2. The number of hydrogen-bond donors (Lipinski definition) is 1. The van der Waals surface area contributed by atoms with Crippen molar-refractivity contribution in [2.75, 3.05) is 13.1 Å². The minimum absolute atomic E-state index is 0.119. The maximum absolute atomic E-state index is 11.8. The number of rotatable bonds is 2. The van der Waals surface area contributed by atoms with Gasteiger partial charge >= 0.3 is 0 Å². The van der Waals surface area contributed by atoms with Crippen molar-refractivity contribution in [1.29, 1.82) is 0 Å². The Morgan fingerprint density at radius 2 is 2.06 bits per heavy atom. The molecule has 2 rings (SSSR count). The van der Waals surface area contributed by atoms with E-state index in [1.54, 1.807) is 12.1 Å². The van der Waals surface area contributed by atoms with Crippen LogP contribution in [-0.4, -0.2) is 29.0 Å². The van der Waals surface area contributed by atoms with Gasteiger partial charge in [0.25, 0.3) is 5.91 Å². The van der Waals surface area contributed by atoms with Crippen molar-refractivity contribution in [3.8, 4) is 0 Å². The lowest BCUT2D eigenvalue weighted by molar-refractivity contribution is 0.0749. The van der Waals surface area contributed by atoms with Gasteiger partial charge < -0.3 is 0 Å². The van der Waals surface area contributed by atoms with Crippen molar-refractivity contribution in [3.63, 3.8) is 0 Å². The van der Waals surface area contributed by atoms with Crippen molar-refractivity contribution in [3.05, 3.63) is 29.0 Å². The van der Waals surface area contributed by atoms with E-state index in [1.807, 2.05) is 5.01 Å². The summed E-state index contributed by atoms with van der Waals surface area (Å²) in [5.74, 6) is -0.119. The second-order valence-electron chi connectivity index (χ2n) is 3.86. The molecule has 16 heavy (non-hydrogen) atoms. The number of nitrogens with one attached hydrogen (secondary N) is 1. The van der Waals surface area contributed by atoms with Gasteiger partial charge in [-0.1, -0.05) is 18.0 Å². The molecule has 86 valence electrons. The van der Waals surface area contributed by atoms with Crippen LogP contribution in [0.15, 0.2) is 18.3 Å². The predicted molar refractivity (Wildman–Crippen MR) is 62.1 cm³/mol. The standard InChI is InChI=1S/C11H14ClN3O/c12-10-5-4-9(8-13-10)11(16)14-15-6-2-1-3-7-15/h4-5,8H,1-3,6-7H2,(H,14,16). The molecule has 0 saturated carbocycles. The highest BCUT2D eigenvalue weighted by atomic mass is 35.5. The fraction of sp³-hybridized carbons (Fsp3) is 0.455. The Balaban J connectivity index is 1.94. The summed E-state index contributed by atoms with van der Waals surface area (Å²) < 4.78 is 0. The van der Waals surface area contributed by atoms with Crippen LogP contribution >= 0.6 is 11.6 Å². The van der Waals surface area contributed by atoms with Gasteiger partial charge in [-0.05, 0) is 25.0 Å². The number of pyridine rings is 1. The molecule has 2 heterocycles. The Morgan fingerprint density at radius 1 is 1.31 bits per heavy atom. The van der Waals surface area contributed by atoms with E-state index in [0.717, 1.165) is 25.9 Å². The first-order valence-electron chi connectivity index (χ1n) is 5.43. The predicted octanol–water partition coefficient (Wildman–Crippen LogP) is 1.87. The first-order valence-corrected chi connectivity index (χ1v) is 5.81. The lowest BCUT2D eigenvalue weighted by atomic mass is 10.2. The van der Waals surface area contributed by atoms with Crippen molar-refractivity contribution in [2.24, 2.45) is 0 Å². The van der Waals surface area contributed by atoms with Gasteiger partial charge in [0.2, 0.25) is 0 Å². The Labute approximate surface area is 99.6 Å². The minimum Gasteiger partial charge on any atom is -0.285 e. The third kappa shape index (κ3) is 2.93. The summed E-state index contributed by atoms with van der Waals surface area (Å²) in [5.41, 5.74) is 3.40. The quantitative estimate of drug-likeness (QED) is 0.802. The molecule has 0 unspecified atom stereocenters. The number of amides is 1. The molecule has 5 heteroatoms. The highest BCUT2D eigenvalue weighted by Crippen LogP contribution is 2.08. The highest BCUT2D eigenvalue weighted by molar-refractivity contribution is 6.29. The van der Waals surface area contributed by atoms with Gasteiger partial charge in [-0.25, -0.2) is 9.99 Å². The Morgan fingerprint density at radius 3 is 2.69 bits per heavy atom. The smallest absolute Gasteiger partial charge is 0.267 e. The van der Waals surface area contributed by atoms with Crippen molar-refractivity contribution < 1.29 is 4.79 Å². The average molecular weight is 240 g/mol. The van der Waals surface area contributed by atoms with Gasteiger partial charge in [-0.2, -0.15) is 0 Å². The second-order valence-corrected chi connectivity index (χ2v) is 4.25. The van der Waals surface area contributed by atoms with Crippen LogP contribution in [0.5, 0.6) is 0 Å². The summed E-state index contributed by atoms with van der Waals surface area (Å²) in [6.45, 7) is 1.85. The zero-order chi connectivity index (χ0) is 11.4. The highest BCUT2D eigenvalue weighted by Gasteiger charge is 2.13. The van der Waals surface area contributed by atoms with Crippen LogP contribution in [-0.2, 0) is 0 Å². The van der Waals surface area contributed by atoms with Gasteiger partial charge in [0.15, 0.2) is 0 Å². The summed E-state index contributed by atoms with van der Waals surface area (Å²) in [6, 6.07) is 3.29. The van der Waals surface area contributed by atoms with Crippen molar-refractivity contribution in [1.82, 2.24) is 15.4 Å². The lowest BCUT2D eigenvalue weighted by Gasteiger charge is -2.26. The van der Waals surface area contributed by atoms with Gasteiger partial charge in [0.05, 0.1) is 5.56 Å². The fourth-order valence-electron chi connectivity index (χ4n) is 1.72. The number of aromatic nitrogens is 1. The first-order chi connectivity index (χ1) is 7.75. The summed E-state index contributed by atoms with van der Waals surface area (Å²) in [7, 11) is 0. The molecule has 0 bridgehead atoms. The molecule has 1 fully saturated rings. The van der Waals surface area contributed by atoms with E-state index in [1.165, 1.54) is 12.6 Å². The van der Waals surface area contributed by atoms with Crippen LogP contribution in [0.1, 0.15) is 29.6 Å². The number of carbonyl (C=O) groups is 1. The normalized spacial score (nSPS) is 17.1. The number of hydrazine groups is 1. The number of hydrogen-bond acceptors (Lipinski definition) is 3. The summed E-state index contributed by atoms with van der Waals surface area (Å²) in [4.78, 5) is 15.7. The average Bonchev–Trinajstić information content (AvgIpc) is 2.31. The van der Waals surface area contributed by atoms with E-state index in [9.17, 15) is 4.79 Å². The van der Waals surface area contributed by atoms with E-state index >= 15 is 0 Å². The van der Waals surface area contributed by atoms with Crippen LogP contribution in [0.4, 0.5) is 0 Å². The summed E-state index contributed by atoms with van der Waals surface area (Å²) >= 11 is 5.65.